The van der Waals surface area contributed by atoms with Gasteiger partial charge in [-0.2, -0.15) is 10.5 Å². The Labute approximate surface area is 105 Å². The molecule has 0 aliphatic rings. The Morgan fingerprint density at radius 1 is 1.11 bits per heavy atom. The van der Waals surface area contributed by atoms with Gasteiger partial charge in [0.05, 0.1) is 11.1 Å². The molecular formula is C14H11N3O. The number of hydrogen-bond donors (Lipinski definition) is 0. The number of fused-ring (bicyclic) bond motifs is 1. The number of rotatable bonds is 2. The molecule has 0 spiro atoms. The lowest BCUT2D eigenvalue weighted by molar-refractivity contribution is 0.561. The van der Waals surface area contributed by atoms with Crippen molar-refractivity contribution < 1.29 is 4.42 Å². The zero-order valence-corrected chi connectivity index (χ0v) is 10.1. The van der Waals surface area contributed by atoms with E-state index in [1.165, 1.54) is 0 Å². The second-order valence-electron chi connectivity index (χ2n) is 4.09. The molecule has 0 bridgehead atoms. The Balaban J connectivity index is 2.53. The molecule has 2 rings (SSSR count). The lowest BCUT2D eigenvalue weighted by Gasteiger charge is -2.01. The van der Waals surface area contributed by atoms with Crippen LogP contribution in [0.15, 0.2) is 28.8 Å². The maximum atomic E-state index is 8.94. The van der Waals surface area contributed by atoms with Gasteiger partial charge in [-0.05, 0) is 18.2 Å². The average Bonchev–Trinajstić information content (AvgIpc) is 2.76. The van der Waals surface area contributed by atoms with Crippen molar-refractivity contribution >= 4 is 17.0 Å². The van der Waals surface area contributed by atoms with E-state index in [4.69, 9.17) is 14.9 Å². The van der Waals surface area contributed by atoms with Gasteiger partial charge in [-0.1, -0.05) is 0 Å². The summed E-state index contributed by atoms with van der Waals surface area (Å²) in [6.07, 6.45) is 3.70. The summed E-state index contributed by atoms with van der Waals surface area (Å²) < 4.78 is 5.59. The highest BCUT2D eigenvalue weighted by Gasteiger charge is 2.08. The SMILES string of the molecule is CN(C)C=Cc1cc2cc(C#N)c(C#N)cc2o1. The number of benzene rings is 1. The Kier molecular flexibility index (Phi) is 3.03. The van der Waals surface area contributed by atoms with Crippen LogP contribution in [0.25, 0.3) is 17.0 Å². The van der Waals surface area contributed by atoms with Crippen LogP contribution in [0, 0.1) is 22.7 Å². The van der Waals surface area contributed by atoms with E-state index in [0.29, 0.717) is 22.5 Å². The predicted molar refractivity (Wildman–Crippen MR) is 68.4 cm³/mol. The molecule has 0 fully saturated rings. The highest BCUT2D eigenvalue weighted by molar-refractivity contribution is 5.83. The van der Waals surface area contributed by atoms with Gasteiger partial charge in [-0.25, -0.2) is 0 Å². The van der Waals surface area contributed by atoms with Crippen LogP contribution in [0.5, 0.6) is 0 Å². The second-order valence-corrected chi connectivity index (χ2v) is 4.09. The average molecular weight is 237 g/mol. The summed E-state index contributed by atoms with van der Waals surface area (Å²) in [6, 6.07) is 9.11. The fourth-order valence-electron chi connectivity index (χ4n) is 1.60. The Hall–Kier alpha value is -2.72. The highest BCUT2D eigenvalue weighted by atomic mass is 16.3. The molecule has 0 saturated carbocycles. The summed E-state index contributed by atoms with van der Waals surface area (Å²) in [5, 5.41) is 18.7. The van der Waals surface area contributed by atoms with E-state index >= 15 is 0 Å². The maximum absolute atomic E-state index is 8.94. The van der Waals surface area contributed by atoms with Gasteiger partial charge >= 0.3 is 0 Å². The summed E-state index contributed by atoms with van der Waals surface area (Å²) in [7, 11) is 3.83. The fourth-order valence-corrected chi connectivity index (χ4v) is 1.60. The Bertz CT molecular complexity index is 645. The lowest BCUT2D eigenvalue weighted by Crippen LogP contribution is -1.99. The fraction of sp³-hybridized carbons (Fsp3) is 0.143. The Morgan fingerprint density at radius 3 is 2.39 bits per heavy atom. The van der Waals surface area contributed by atoms with Crippen LogP contribution < -0.4 is 0 Å². The molecular weight excluding hydrogens is 226 g/mol. The van der Waals surface area contributed by atoms with Gasteiger partial charge in [-0.3, -0.25) is 0 Å². The van der Waals surface area contributed by atoms with Crippen LogP contribution >= 0.6 is 0 Å². The number of nitrogens with zero attached hydrogens (tertiary/aromatic N) is 3. The third kappa shape index (κ3) is 2.18. The smallest absolute Gasteiger partial charge is 0.136 e. The maximum Gasteiger partial charge on any atom is 0.136 e. The van der Waals surface area contributed by atoms with E-state index in [9.17, 15) is 0 Å². The van der Waals surface area contributed by atoms with Crippen molar-refractivity contribution in [1.82, 2.24) is 4.90 Å². The molecule has 4 heteroatoms. The standard InChI is InChI=1S/C14H11N3O/c1-17(2)4-3-13-6-10-5-11(8-15)12(9-16)7-14(10)18-13/h3-7H,1-2H3. The Morgan fingerprint density at radius 2 is 1.78 bits per heavy atom. The summed E-state index contributed by atoms with van der Waals surface area (Å²) in [5.74, 6) is 0.692. The van der Waals surface area contributed by atoms with E-state index in [-0.39, 0.29) is 0 Å². The molecule has 0 aliphatic carbocycles. The summed E-state index contributed by atoms with van der Waals surface area (Å²) in [5.41, 5.74) is 1.32. The van der Waals surface area contributed by atoms with Crippen molar-refractivity contribution in [1.29, 1.82) is 10.5 Å². The molecule has 0 amide bonds. The van der Waals surface area contributed by atoms with Crippen molar-refractivity contribution in [3.8, 4) is 12.1 Å². The second kappa shape index (κ2) is 4.65. The normalized spacial score (nSPS) is 10.4. The van der Waals surface area contributed by atoms with Gasteiger partial charge in [-0.15, -0.1) is 0 Å². The van der Waals surface area contributed by atoms with Crippen molar-refractivity contribution in [3.63, 3.8) is 0 Å². The molecule has 0 N–H and O–H groups in total. The van der Waals surface area contributed by atoms with Crippen LogP contribution in [-0.2, 0) is 0 Å². The molecule has 0 saturated heterocycles. The van der Waals surface area contributed by atoms with Crippen molar-refractivity contribution in [2.24, 2.45) is 0 Å². The first-order chi connectivity index (χ1) is 8.63. The molecule has 0 radical (unpaired) electrons. The number of hydrogen-bond acceptors (Lipinski definition) is 4. The van der Waals surface area contributed by atoms with E-state index < -0.39 is 0 Å². The van der Waals surface area contributed by atoms with E-state index in [1.807, 2.05) is 49.5 Å². The van der Waals surface area contributed by atoms with Crippen LogP contribution in [0.4, 0.5) is 0 Å². The van der Waals surface area contributed by atoms with Gasteiger partial charge in [0.1, 0.15) is 23.5 Å². The lowest BCUT2D eigenvalue weighted by atomic mass is 10.1. The quantitative estimate of drug-likeness (QED) is 0.805. The first-order valence-electron chi connectivity index (χ1n) is 5.36. The van der Waals surface area contributed by atoms with Crippen LogP contribution in [0.1, 0.15) is 16.9 Å². The summed E-state index contributed by atoms with van der Waals surface area (Å²) in [6.45, 7) is 0. The van der Waals surface area contributed by atoms with Crippen LogP contribution in [0.2, 0.25) is 0 Å². The van der Waals surface area contributed by atoms with Gasteiger partial charge in [0.25, 0.3) is 0 Å². The third-order valence-corrected chi connectivity index (χ3v) is 2.45. The molecule has 1 aromatic carbocycles. The molecule has 0 unspecified atom stereocenters. The zero-order chi connectivity index (χ0) is 13.1. The van der Waals surface area contributed by atoms with E-state index in [1.54, 1.807) is 12.1 Å². The summed E-state index contributed by atoms with van der Waals surface area (Å²) in [4.78, 5) is 1.90. The zero-order valence-electron chi connectivity index (χ0n) is 10.1. The monoisotopic (exact) mass is 237 g/mol. The van der Waals surface area contributed by atoms with Gasteiger partial charge < -0.3 is 9.32 Å². The topological polar surface area (TPSA) is 64.0 Å². The number of nitriles is 2. The minimum absolute atomic E-state index is 0.336. The minimum atomic E-state index is 0.336. The molecule has 88 valence electrons. The molecule has 4 nitrogen and oxygen atoms in total. The van der Waals surface area contributed by atoms with Crippen molar-refractivity contribution in [2.75, 3.05) is 14.1 Å². The van der Waals surface area contributed by atoms with E-state index in [0.717, 1.165) is 5.39 Å². The molecule has 2 aromatic rings. The summed E-state index contributed by atoms with van der Waals surface area (Å²) >= 11 is 0. The van der Waals surface area contributed by atoms with Gasteiger partial charge in [0.2, 0.25) is 0 Å². The largest absolute Gasteiger partial charge is 0.457 e. The first-order valence-corrected chi connectivity index (χ1v) is 5.36. The molecule has 1 heterocycles. The highest BCUT2D eigenvalue weighted by Crippen LogP contribution is 2.24. The van der Waals surface area contributed by atoms with Crippen LogP contribution in [-0.4, -0.2) is 19.0 Å². The predicted octanol–water partition coefficient (Wildman–Crippen LogP) is 2.71. The number of furan rings is 1. The molecule has 0 aliphatic heterocycles. The third-order valence-electron chi connectivity index (χ3n) is 2.45. The van der Waals surface area contributed by atoms with E-state index in [2.05, 4.69) is 0 Å². The van der Waals surface area contributed by atoms with Gasteiger partial charge in [0, 0.05) is 31.7 Å². The van der Waals surface area contributed by atoms with Crippen molar-refractivity contribution in [3.05, 3.63) is 41.3 Å². The molecule has 0 atom stereocenters. The van der Waals surface area contributed by atoms with Crippen LogP contribution in [0.3, 0.4) is 0 Å². The first kappa shape index (κ1) is 11.8. The molecule has 18 heavy (non-hydrogen) atoms. The van der Waals surface area contributed by atoms with Crippen molar-refractivity contribution in [2.45, 2.75) is 0 Å². The molecule has 1 aromatic heterocycles. The minimum Gasteiger partial charge on any atom is -0.457 e. The van der Waals surface area contributed by atoms with Gasteiger partial charge in [0.15, 0.2) is 0 Å².